The Balaban J connectivity index is 1.73. The second kappa shape index (κ2) is 6.27. The van der Waals surface area contributed by atoms with E-state index in [9.17, 15) is 4.79 Å². The number of ether oxygens (including phenoxy) is 1. The average Bonchev–Trinajstić information content (AvgIpc) is 3.18. The van der Waals surface area contributed by atoms with E-state index in [4.69, 9.17) is 4.74 Å². The molecule has 0 aliphatic rings. The number of methoxy groups -OCH3 is 1. The van der Waals surface area contributed by atoms with Gasteiger partial charge in [0.25, 0.3) is 0 Å². The summed E-state index contributed by atoms with van der Waals surface area (Å²) in [5.41, 5.74) is 1.30. The van der Waals surface area contributed by atoms with Crippen LogP contribution in [0.25, 0.3) is 5.82 Å². The molecule has 0 bridgehead atoms. The van der Waals surface area contributed by atoms with Gasteiger partial charge in [0.1, 0.15) is 11.4 Å². The zero-order valence-electron chi connectivity index (χ0n) is 12.9. The number of anilines is 2. The molecule has 3 rings (SSSR count). The van der Waals surface area contributed by atoms with Crippen LogP contribution in [0, 0.1) is 0 Å². The molecule has 0 atom stereocenters. The lowest BCUT2D eigenvalue weighted by Gasteiger charge is -2.10. The number of amides is 2. The summed E-state index contributed by atoms with van der Waals surface area (Å²) in [5.74, 6) is 1.51. The second-order valence-corrected chi connectivity index (χ2v) is 4.90. The normalized spacial score (nSPS) is 10.3. The number of hydrogen-bond acceptors (Lipinski definition) is 3. The molecule has 2 heterocycles. The molecule has 0 radical (unpaired) electrons. The molecule has 0 fully saturated rings. The SMILES string of the molecule is COc1ccc(NC(=O)Nc2cnn(C)c2-n2cccc2)cc1. The Kier molecular flexibility index (Phi) is 4.01. The smallest absolute Gasteiger partial charge is 0.323 e. The van der Waals surface area contributed by atoms with Crippen molar-refractivity contribution in [3.05, 3.63) is 55.0 Å². The van der Waals surface area contributed by atoms with Crippen LogP contribution < -0.4 is 15.4 Å². The molecule has 0 saturated carbocycles. The van der Waals surface area contributed by atoms with Gasteiger partial charge < -0.3 is 19.9 Å². The molecular weight excluding hydrogens is 294 g/mol. The third-order valence-electron chi connectivity index (χ3n) is 3.35. The van der Waals surface area contributed by atoms with Crippen LogP contribution in [0.5, 0.6) is 5.75 Å². The first-order valence-corrected chi connectivity index (χ1v) is 7.05. The van der Waals surface area contributed by atoms with Crippen molar-refractivity contribution in [3.63, 3.8) is 0 Å². The van der Waals surface area contributed by atoms with Crippen molar-refractivity contribution in [2.75, 3.05) is 17.7 Å². The largest absolute Gasteiger partial charge is 0.497 e. The minimum absolute atomic E-state index is 0.337. The van der Waals surface area contributed by atoms with Crippen molar-refractivity contribution in [2.24, 2.45) is 7.05 Å². The summed E-state index contributed by atoms with van der Waals surface area (Å²) in [6, 6.07) is 10.6. The molecule has 7 heteroatoms. The standard InChI is InChI=1S/C16H17N5O2/c1-20-15(21-9-3-4-10-21)14(11-17-20)19-16(22)18-12-5-7-13(23-2)8-6-12/h3-11H,1-2H3,(H2,18,19,22). The van der Waals surface area contributed by atoms with Gasteiger partial charge in [0, 0.05) is 25.1 Å². The highest BCUT2D eigenvalue weighted by Crippen LogP contribution is 2.20. The Morgan fingerprint density at radius 1 is 1.13 bits per heavy atom. The van der Waals surface area contributed by atoms with Crippen LogP contribution in [0.2, 0.25) is 0 Å². The Bertz CT molecular complexity index is 791. The van der Waals surface area contributed by atoms with Crippen molar-refractivity contribution < 1.29 is 9.53 Å². The maximum Gasteiger partial charge on any atom is 0.323 e. The number of nitrogens with one attached hydrogen (secondary N) is 2. The van der Waals surface area contributed by atoms with Crippen molar-refractivity contribution in [3.8, 4) is 11.6 Å². The Morgan fingerprint density at radius 2 is 1.83 bits per heavy atom. The zero-order valence-corrected chi connectivity index (χ0v) is 12.9. The van der Waals surface area contributed by atoms with Gasteiger partial charge >= 0.3 is 6.03 Å². The monoisotopic (exact) mass is 311 g/mol. The molecule has 0 aliphatic carbocycles. The van der Waals surface area contributed by atoms with E-state index in [0.717, 1.165) is 11.6 Å². The van der Waals surface area contributed by atoms with Gasteiger partial charge in [-0.05, 0) is 36.4 Å². The van der Waals surface area contributed by atoms with Gasteiger partial charge in [0.05, 0.1) is 13.3 Å². The molecule has 2 amide bonds. The molecule has 0 saturated heterocycles. The summed E-state index contributed by atoms with van der Waals surface area (Å²) in [7, 11) is 3.42. The fraction of sp³-hybridized carbons (Fsp3) is 0.125. The van der Waals surface area contributed by atoms with Gasteiger partial charge in [-0.3, -0.25) is 4.68 Å². The van der Waals surface area contributed by atoms with Crippen molar-refractivity contribution in [1.29, 1.82) is 0 Å². The van der Waals surface area contributed by atoms with Crippen LogP contribution >= 0.6 is 0 Å². The van der Waals surface area contributed by atoms with E-state index in [1.165, 1.54) is 0 Å². The maximum atomic E-state index is 12.2. The van der Waals surface area contributed by atoms with Crippen molar-refractivity contribution in [1.82, 2.24) is 14.3 Å². The number of nitrogens with zero attached hydrogens (tertiary/aromatic N) is 3. The predicted octanol–water partition coefficient (Wildman–Crippen LogP) is 2.86. The van der Waals surface area contributed by atoms with Crippen LogP contribution in [0.4, 0.5) is 16.2 Å². The lowest BCUT2D eigenvalue weighted by molar-refractivity contribution is 0.262. The molecule has 2 N–H and O–H groups in total. The van der Waals surface area contributed by atoms with Crippen molar-refractivity contribution in [2.45, 2.75) is 0 Å². The number of hydrogen-bond donors (Lipinski definition) is 2. The summed E-state index contributed by atoms with van der Waals surface area (Å²) < 4.78 is 8.67. The lowest BCUT2D eigenvalue weighted by Crippen LogP contribution is -2.20. The average molecular weight is 311 g/mol. The number of benzene rings is 1. The minimum atomic E-state index is -0.337. The zero-order chi connectivity index (χ0) is 16.2. The second-order valence-electron chi connectivity index (χ2n) is 4.90. The number of urea groups is 1. The van der Waals surface area contributed by atoms with E-state index in [2.05, 4.69) is 15.7 Å². The molecule has 3 aromatic rings. The Labute approximate surface area is 133 Å². The minimum Gasteiger partial charge on any atom is -0.497 e. The van der Waals surface area contributed by atoms with Crippen LogP contribution in [0.15, 0.2) is 55.0 Å². The van der Waals surface area contributed by atoms with Gasteiger partial charge in [0.15, 0.2) is 5.82 Å². The Hall–Kier alpha value is -3.22. The molecule has 2 aromatic heterocycles. The number of aromatic nitrogens is 3. The van der Waals surface area contributed by atoms with Crippen LogP contribution in [-0.4, -0.2) is 27.5 Å². The quantitative estimate of drug-likeness (QED) is 0.778. The van der Waals surface area contributed by atoms with Gasteiger partial charge in [-0.2, -0.15) is 5.10 Å². The number of carbonyl (C=O) groups is 1. The highest BCUT2D eigenvalue weighted by molar-refractivity contribution is 6.00. The summed E-state index contributed by atoms with van der Waals surface area (Å²) in [5, 5.41) is 9.77. The number of rotatable bonds is 4. The van der Waals surface area contributed by atoms with E-state index < -0.39 is 0 Å². The molecule has 7 nitrogen and oxygen atoms in total. The van der Waals surface area contributed by atoms with Crippen LogP contribution in [0.3, 0.4) is 0 Å². The van der Waals surface area contributed by atoms with Gasteiger partial charge in [-0.1, -0.05) is 0 Å². The topological polar surface area (TPSA) is 73.1 Å². The first-order chi connectivity index (χ1) is 11.2. The van der Waals surface area contributed by atoms with E-state index in [-0.39, 0.29) is 6.03 Å². The van der Waals surface area contributed by atoms with Gasteiger partial charge in [-0.25, -0.2) is 4.79 Å². The highest BCUT2D eigenvalue weighted by Gasteiger charge is 2.12. The van der Waals surface area contributed by atoms with Crippen molar-refractivity contribution >= 4 is 17.4 Å². The summed E-state index contributed by atoms with van der Waals surface area (Å²) in [4.78, 5) is 12.2. The van der Waals surface area contributed by atoms with E-state index >= 15 is 0 Å². The van der Waals surface area contributed by atoms with E-state index in [1.54, 1.807) is 42.3 Å². The summed E-state index contributed by atoms with van der Waals surface area (Å²) in [6.45, 7) is 0. The number of carbonyl (C=O) groups excluding carboxylic acids is 1. The molecule has 0 spiro atoms. The maximum absolute atomic E-state index is 12.2. The fourth-order valence-electron chi connectivity index (χ4n) is 2.26. The predicted molar refractivity (Wildman–Crippen MR) is 88.2 cm³/mol. The fourth-order valence-corrected chi connectivity index (χ4v) is 2.26. The summed E-state index contributed by atoms with van der Waals surface area (Å²) in [6.07, 6.45) is 5.40. The van der Waals surface area contributed by atoms with Gasteiger partial charge in [0.2, 0.25) is 0 Å². The van der Waals surface area contributed by atoms with E-state index in [0.29, 0.717) is 11.4 Å². The van der Waals surface area contributed by atoms with Crippen LogP contribution in [0.1, 0.15) is 0 Å². The number of aryl methyl sites for hydroxylation is 1. The Morgan fingerprint density at radius 3 is 2.48 bits per heavy atom. The first kappa shape index (κ1) is 14.7. The highest BCUT2D eigenvalue weighted by atomic mass is 16.5. The molecule has 0 unspecified atom stereocenters. The molecule has 1 aromatic carbocycles. The first-order valence-electron chi connectivity index (χ1n) is 7.05. The van der Waals surface area contributed by atoms with E-state index in [1.807, 2.05) is 36.1 Å². The molecular formula is C16H17N5O2. The molecule has 0 aliphatic heterocycles. The molecule has 23 heavy (non-hydrogen) atoms. The molecule has 118 valence electrons. The third kappa shape index (κ3) is 3.18. The third-order valence-corrected chi connectivity index (χ3v) is 3.35. The van der Waals surface area contributed by atoms with Crippen LogP contribution in [-0.2, 0) is 7.05 Å². The van der Waals surface area contributed by atoms with Gasteiger partial charge in [-0.15, -0.1) is 0 Å². The summed E-state index contributed by atoms with van der Waals surface area (Å²) >= 11 is 0. The lowest BCUT2D eigenvalue weighted by atomic mass is 10.3.